The summed E-state index contributed by atoms with van der Waals surface area (Å²) >= 11 is 0. The maximum Gasteiger partial charge on any atom is 0.416 e. The molecule has 5 atom stereocenters. The molecule has 1 heterocycles. The number of hydrogen-bond donors (Lipinski definition) is 5. The number of halogens is 3. The number of hydrogen-bond acceptors (Lipinski definition) is 6. The Morgan fingerprint density at radius 2 is 1.58 bits per heavy atom. The largest absolute Gasteiger partial charge is 0.416 e. The van der Waals surface area contributed by atoms with Gasteiger partial charge in [-0.1, -0.05) is 31.2 Å². The molecule has 0 radical (unpaired) electrons. The van der Waals surface area contributed by atoms with Crippen LogP contribution in [0, 0.1) is 0 Å². The molecule has 0 unspecified atom stereocenters. The van der Waals surface area contributed by atoms with Gasteiger partial charge in [0.05, 0.1) is 12.2 Å². The van der Waals surface area contributed by atoms with E-state index >= 15 is 0 Å². The van der Waals surface area contributed by atoms with Gasteiger partial charge in [0, 0.05) is 5.69 Å². The van der Waals surface area contributed by atoms with Crippen LogP contribution in [0.4, 0.5) is 18.9 Å². The van der Waals surface area contributed by atoms with Crippen LogP contribution in [0.3, 0.4) is 0 Å². The van der Waals surface area contributed by atoms with E-state index in [9.17, 15) is 33.6 Å². The van der Waals surface area contributed by atoms with Crippen molar-refractivity contribution in [1.82, 2.24) is 0 Å². The fourth-order valence-electron chi connectivity index (χ4n) is 3.54. The maximum atomic E-state index is 13.3. The summed E-state index contributed by atoms with van der Waals surface area (Å²) in [5.74, 6) is 0. The molecule has 9 heteroatoms. The Balaban J connectivity index is 1.91. The number of aliphatic hydroxyl groups excluding tert-OH is 4. The smallest absolute Gasteiger partial charge is 0.394 e. The van der Waals surface area contributed by atoms with Crippen molar-refractivity contribution in [2.24, 2.45) is 0 Å². The number of benzene rings is 2. The predicted octanol–water partition coefficient (Wildman–Crippen LogP) is 2.07. The zero-order valence-electron chi connectivity index (χ0n) is 16.9. The van der Waals surface area contributed by atoms with Crippen LogP contribution in [-0.2, 0) is 23.8 Å². The molecule has 5 N–H and O–H groups in total. The van der Waals surface area contributed by atoms with Crippen LogP contribution in [0.2, 0.25) is 0 Å². The lowest BCUT2D eigenvalue weighted by atomic mass is 9.96. The van der Waals surface area contributed by atoms with Crippen LogP contribution >= 0.6 is 0 Å². The van der Waals surface area contributed by atoms with E-state index < -0.39 is 49.0 Å². The molecule has 0 spiro atoms. The predicted molar refractivity (Wildman–Crippen MR) is 107 cm³/mol. The number of rotatable bonds is 6. The van der Waals surface area contributed by atoms with Gasteiger partial charge in [-0.2, -0.15) is 13.2 Å². The topological polar surface area (TPSA) is 102 Å². The summed E-state index contributed by atoms with van der Waals surface area (Å²) in [4.78, 5) is 0. The molecule has 0 saturated carbocycles. The van der Waals surface area contributed by atoms with Gasteiger partial charge in [0.15, 0.2) is 6.23 Å². The van der Waals surface area contributed by atoms with Gasteiger partial charge < -0.3 is 30.5 Å². The summed E-state index contributed by atoms with van der Waals surface area (Å²) in [6, 6.07) is 10.7. The fourth-order valence-corrected chi connectivity index (χ4v) is 3.54. The second-order valence-electron chi connectivity index (χ2n) is 7.61. The first-order valence-electron chi connectivity index (χ1n) is 9.99. The lowest BCUT2D eigenvalue weighted by molar-refractivity contribution is -0.221. The molecule has 1 saturated heterocycles. The van der Waals surface area contributed by atoms with Crippen LogP contribution in [0.25, 0.3) is 0 Å². The van der Waals surface area contributed by atoms with E-state index in [1.54, 1.807) is 0 Å². The van der Waals surface area contributed by atoms with Crippen LogP contribution in [0.1, 0.15) is 29.2 Å². The van der Waals surface area contributed by atoms with Crippen molar-refractivity contribution < 1.29 is 38.3 Å². The molecule has 6 nitrogen and oxygen atoms in total. The van der Waals surface area contributed by atoms with E-state index in [0.717, 1.165) is 29.7 Å². The van der Waals surface area contributed by atoms with Gasteiger partial charge >= 0.3 is 6.18 Å². The average Bonchev–Trinajstić information content (AvgIpc) is 2.75. The highest BCUT2D eigenvalue weighted by Crippen LogP contribution is 2.34. The molecule has 0 amide bonds. The molecule has 2 aromatic rings. The van der Waals surface area contributed by atoms with Gasteiger partial charge in [-0.15, -0.1) is 0 Å². The van der Waals surface area contributed by atoms with Gasteiger partial charge in [0.25, 0.3) is 0 Å². The number of alkyl halides is 3. The van der Waals surface area contributed by atoms with Gasteiger partial charge in [-0.05, 0) is 47.7 Å². The van der Waals surface area contributed by atoms with Gasteiger partial charge in [0.2, 0.25) is 0 Å². The Morgan fingerprint density at radius 1 is 0.935 bits per heavy atom. The summed E-state index contributed by atoms with van der Waals surface area (Å²) in [7, 11) is 0. The Morgan fingerprint density at radius 3 is 2.16 bits per heavy atom. The third-order valence-corrected chi connectivity index (χ3v) is 5.45. The molecule has 31 heavy (non-hydrogen) atoms. The quantitative estimate of drug-likeness (QED) is 0.471. The number of nitrogens with one attached hydrogen (secondary N) is 1. The van der Waals surface area contributed by atoms with E-state index in [1.807, 2.05) is 31.2 Å². The minimum atomic E-state index is -4.53. The van der Waals surface area contributed by atoms with Gasteiger partial charge in [-0.3, -0.25) is 0 Å². The van der Waals surface area contributed by atoms with Crippen molar-refractivity contribution in [3.05, 3.63) is 64.7 Å². The number of anilines is 1. The molecule has 1 aliphatic rings. The van der Waals surface area contributed by atoms with Gasteiger partial charge in [-0.25, -0.2) is 0 Å². The molecule has 3 rings (SSSR count). The van der Waals surface area contributed by atoms with Crippen molar-refractivity contribution in [3.63, 3.8) is 0 Å². The average molecular weight is 441 g/mol. The highest BCUT2D eigenvalue weighted by Gasteiger charge is 2.43. The number of aliphatic hydroxyl groups is 4. The third-order valence-electron chi connectivity index (χ3n) is 5.45. The van der Waals surface area contributed by atoms with Crippen molar-refractivity contribution >= 4 is 5.69 Å². The molecule has 0 aromatic heterocycles. The van der Waals surface area contributed by atoms with E-state index in [4.69, 9.17) is 4.74 Å². The molecule has 170 valence electrons. The molecule has 0 aliphatic carbocycles. The Bertz CT molecular complexity index is 872. The normalized spacial score (nSPS) is 26.6. The van der Waals surface area contributed by atoms with Crippen molar-refractivity contribution in [2.75, 3.05) is 11.9 Å². The second kappa shape index (κ2) is 9.54. The van der Waals surface area contributed by atoms with E-state index in [2.05, 4.69) is 5.32 Å². The Kier molecular flexibility index (Phi) is 7.23. The van der Waals surface area contributed by atoms with Crippen molar-refractivity contribution in [3.8, 4) is 0 Å². The summed E-state index contributed by atoms with van der Waals surface area (Å²) in [6.45, 7) is 1.40. The first-order valence-corrected chi connectivity index (χ1v) is 9.99. The van der Waals surface area contributed by atoms with E-state index in [1.165, 1.54) is 6.07 Å². The highest BCUT2D eigenvalue weighted by atomic mass is 19.4. The lowest BCUT2D eigenvalue weighted by Gasteiger charge is -2.40. The summed E-state index contributed by atoms with van der Waals surface area (Å²) in [5, 5.41) is 42.3. The molecule has 0 bridgehead atoms. The fraction of sp³-hybridized carbons (Fsp3) is 0.455. The first kappa shape index (κ1) is 23.5. The van der Waals surface area contributed by atoms with E-state index in [-0.39, 0.29) is 12.1 Å². The van der Waals surface area contributed by atoms with Crippen LogP contribution in [-0.4, -0.2) is 57.7 Å². The zero-order valence-corrected chi connectivity index (χ0v) is 16.9. The highest BCUT2D eigenvalue weighted by molar-refractivity contribution is 5.55. The minimum absolute atomic E-state index is 0.188. The Labute approximate surface area is 177 Å². The molecule has 1 aliphatic heterocycles. The SMILES string of the molecule is CCc1ccc(Cc2cc(C(F)(F)F)ccc2N[C@@H]2O[C@H](CO)[C@@H](O)[C@H](O)[C@H]2O)cc1. The molecular formula is C22H26F3NO5. The second-order valence-corrected chi connectivity index (χ2v) is 7.61. The lowest BCUT2D eigenvalue weighted by Crippen LogP contribution is -2.60. The summed E-state index contributed by atoms with van der Waals surface area (Å²) in [6.07, 6.45) is -10.5. The first-order chi connectivity index (χ1) is 14.6. The van der Waals surface area contributed by atoms with Crippen molar-refractivity contribution in [1.29, 1.82) is 0 Å². The number of ether oxygens (including phenoxy) is 1. The third kappa shape index (κ3) is 5.36. The van der Waals surface area contributed by atoms with Crippen LogP contribution < -0.4 is 5.32 Å². The van der Waals surface area contributed by atoms with Crippen LogP contribution in [0.15, 0.2) is 42.5 Å². The Hall–Kier alpha value is -2.17. The number of aryl methyl sites for hydroxylation is 1. The van der Waals surface area contributed by atoms with Gasteiger partial charge in [0.1, 0.15) is 24.4 Å². The van der Waals surface area contributed by atoms with E-state index in [0.29, 0.717) is 5.56 Å². The summed E-state index contributed by atoms with van der Waals surface area (Å²) in [5.41, 5.74) is 1.68. The monoisotopic (exact) mass is 441 g/mol. The molecule has 1 fully saturated rings. The zero-order chi connectivity index (χ0) is 22.8. The molecule has 2 aromatic carbocycles. The maximum absolute atomic E-state index is 13.3. The minimum Gasteiger partial charge on any atom is -0.394 e. The molecular weight excluding hydrogens is 415 g/mol. The summed E-state index contributed by atoms with van der Waals surface area (Å²) < 4.78 is 45.3. The van der Waals surface area contributed by atoms with Crippen LogP contribution in [0.5, 0.6) is 0 Å². The standard InChI is InChI=1S/C22H26F3NO5/c1-2-12-3-5-13(6-4-12)9-14-10-15(22(23,24)25)7-8-16(14)26-21-20(30)19(29)18(28)17(11-27)31-21/h3-8,10,17-21,26-30H,2,9,11H2,1H3/t17-,18-,19+,20-,21-/m1/s1. The van der Waals surface area contributed by atoms with Crippen molar-refractivity contribution in [2.45, 2.75) is 56.6 Å².